The number of halogens is 1. The summed E-state index contributed by atoms with van der Waals surface area (Å²) < 4.78 is 10.8. The van der Waals surface area contributed by atoms with Gasteiger partial charge in [-0.05, 0) is 62.0 Å². The summed E-state index contributed by atoms with van der Waals surface area (Å²) in [6.45, 7) is 4.66. The summed E-state index contributed by atoms with van der Waals surface area (Å²) in [5, 5.41) is 7.48. The Labute approximate surface area is 153 Å². The number of methoxy groups -OCH3 is 1. The van der Waals surface area contributed by atoms with Crippen LogP contribution < -0.4 is 20.1 Å². The van der Waals surface area contributed by atoms with Crippen molar-refractivity contribution in [2.45, 2.75) is 19.9 Å². The van der Waals surface area contributed by atoms with Crippen LogP contribution in [0.15, 0.2) is 42.5 Å². The second-order valence-corrected chi connectivity index (χ2v) is 6.01. The van der Waals surface area contributed by atoms with E-state index in [1.54, 1.807) is 25.3 Å². The Hall–Kier alpha value is -1.98. The fraction of sp³-hybridized carbons (Fsp3) is 0.278. The van der Waals surface area contributed by atoms with Gasteiger partial charge in [-0.3, -0.25) is 0 Å². The molecule has 0 aliphatic heterocycles. The smallest absolute Gasteiger partial charge is 0.171 e. The molecular formula is C18H21ClN2O2S. The molecule has 0 spiro atoms. The third-order valence-corrected chi connectivity index (χ3v) is 3.90. The molecule has 0 bridgehead atoms. The normalized spacial score (nSPS) is 11.5. The van der Waals surface area contributed by atoms with E-state index in [0.717, 1.165) is 17.0 Å². The van der Waals surface area contributed by atoms with Crippen molar-refractivity contribution in [2.24, 2.45) is 0 Å². The van der Waals surface area contributed by atoms with Crippen LogP contribution in [0.2, 0.25) is 5.02 Å². The minimum atomic E-state index is 0.0471. The molecule has 0 aliphatic rings. The number of ether oxygens (including phenoxy) is 2. The largest absolute Gasteiger partial charge is 0.495 e. The molecule has 0 saturated carbocycles. The van der Waals surface area contributed by atoms with E-state index in [1.165, 1.54) is 0 Å². The van der Waals surface area contributed by atoms with E-state index in [-0.39, 0.29) is 6.04 Å². The van der Waals surface area contributed by atoms with Gasteiger partial charge < -0.3 is 20.1 Å². The van der Waals surface area contributed by atoms with E-state index in [4.69, 9.17) is 33.3 Å². The zero-order chi connectivity index (χ0) is 17.5. The Morgan fingerprint density at radius 1 is 1.21 bits per heavy atom. The molecule has 2 aromatic carbocycles. The Balaban J connectivity index is 2.00. The number of rotatable bonds is 6. The van der Waals surface area contributed by atoms with Gasteiger partial charge in [-0.25, -0.2) is 0 Å². The summed E-state index contributed by atoms with van der Waals surface area (Å²) >= 11 is 11.4. The maximum atomic E-state index is 6.03. The van der Waals surface area contributed by atoms with E-state index in [0.29, 0.717) is 22.5 Å². The van der Waals surface area contributed by atoms with Gasteiger partial charge in [-0.1, -0.05) is 23.7 Å². The molecule has 0 radical (unpaired) electrons. The number of anilines is 1. The summed E-state index contributed by atoms with van der Waals surface area (Å²) in [5.74, 6) is 1.54. The highest BCUT2D eigenvalue weighted by molar-refractivity contribution is 7.80. The van der Waals surface area contributed by atoms with E-state index in [1.807, 2.05) is 38.1 Å². The molecule has 0 saturated heterocycles. The van der Waals surface area contributed by atoms with Gasteiger partial charge in [0.2, 0.25) is 0 Å². The minimum Gasteiger partial charge on any atom is -0.495 e. The molecule has 0 heterocycles. The van der Waals surface area contributed by atoms with Crippen molar-refractivity contribution >= 4 is 34.6 Å². The van der Waals surface area contributed by atoms with Gasteiger partial charge >= 0.3 is 0 Å². The Bertz CT molecular complexity index is 692. The van der Waals surface area contributed by atoms with Crippen LogP contribution in [-0.2, 0) is 0 Å². The molecule has 0 amide bonds. The standard InChI is InChI=1S/C18H21ClN2O2S/c1-4-23-15-8-5-13(6-9-15)12(2)20-18(24)21-16-11-14(19)7-10-17(16)22-3/h5-12H,4H2,1-3H3,(H2,20,21,24). The van der Waals surface area contributed by atoms with E-state index >= 15 is 0 Å². The quantitative estimate of drug-likeness (QED) is 0.721. The second-order valence-electron chi connectivity index (χ2n) is 5.17. The monoisotopic (exact) mass is 364 g/mol. The molecule has 24 heavy (non-hydrogen) atoms. The molecule has 0 aromatic heterocycles. The number of hydrogen-bond acceptors (Lipinski definition) is 3. The summed E-state index contributed by atoms with van der Waals surface area (Å²) in [5.41, 5.74) is 1.84. The average molecular weight is 365 g/mol. The first-order chi connectivity index (χ1) is 11.5. The Kier molecular flexibility index (Phi) is 6.70. The van der Waals surface area contributed by atoms with Crippen LogP contribution in [0.5, 0.6) is 11.5 Å². The van der Waals surface area contributed by atoms with Crippen LogP contribution in [-0.4, -0.2) is 18.8 Å². The first-order valence-corrected chi connectivity index (χ1v) is 8.46. The maximum Gasteiger partial charge on any atom is 0.171 e. The molecular weight excluding hydrogens is 344 g/mol. The first kappa shape index (κ1) is 18.4. The van der Waals surface area contributed by atoms with Crippen LogP contribution >= 0.6 is 23.8 Å². The van der Waals surface area contributed by atoms with Gasteiger partial charge in [-0.2, -0.15) is 0 Å². The predicted octanol–water partition coefficient (Wildman–Crippen LogP) is 4.79. The van der Waals surface area contributed by atoms with Crippen LogP contribution in [0.1, 0.15) is 25.5 Å². The highest BCUT2D eigenvalue weighted by atomic mass is 35.5. The highest BCUT2D eigenvalue weighted by Crippen LogP contribution is 2.27. The fourth-order valence-corrected chi connectivity index (χ4v) is 2.69. The molecule has 128 valence electrons. The van der Waals surface area contributed by atoms with Gasteiger partial charge in [-0.15, -0.1) is 0 Å². The lowest BCUT2D eigenvalue weighted by atomic mass is 10.1. The predicted molar refractivity (Wildman–Crippen MR) is 103 cm³/mol. The minimum absolute atomic E-state index is 0.0471. The second kappa shape index (κ2) is 8.76. The molecule has 2 rings (SSSR count). The highest BCUT2D eigenvalue weighted by Gasteiger charge is 2.10. The fourth-order valence-electron chi connectivity index (χ4n) is 2.24. The third kappa shape index (κ3) is 5.01. The summed E-state index contributed by atoms with van der Waals surface area (Å²) in [7, 11) is 1.60. The Morgan fingerprint density at radius 3 is 2.54 bits per heavy atom. The summed E-state index contributed by atoms with van der Waals surface area (Å²) in [6.07, 6.45) is 0. The van der Waals surface area contributed by atoms with Crippen LogP contribution in [0.25, 0.3) is 0 Å². The van der Waals surface area contributed by atoms with Crippen molar-refractivity contribution in [1.29, 1.82) is 0 Å². The van der Waals surface area contributed by atoms with Gasteiger partial charge in [0.1, 0.15) is 11.5 Å². The molecule has 1 atom stereocenters. The molecule has 4 nitrogen and oxygen atoms in total. The van der Waals surface area contributed by atoms with Crippen LogP contribution in [0, 0.1) is 0 Å². The van der Waals surface area contributed by atoms with Crippen molar-refractivity contribution in [3.63, 3.8) is 0 Å². The van der Waals surface area contributed by atoms with Crippen molar-refractivity contribution < 1.29 is 9.47 Å². The molecule has 0 fully saturated rings. The molecule has 2 N–H and O–H groups in total. The van der Waals surface area contributed by atoms with Gasteiger partial charge in [0.05, 0.1) is 25.4 Å². The van der Waals surface area contributed by atoms with Crippen LogP contribution in [0.4, 0.5) is 5.69 Å². The summed E-state index contributed by atoms with van der Waals surface area (Å²) in [4.78, 5) is 0. The Morgan fingerprint density at radius 2 is 1.92 bits per heavy atom. The van der Waals surface area contributed by atoms with Crippen molar-refractivity contribution in [1.82, 2.24) is 5.32 Å². The lowest BCUT2D eigenvalue weighted by Gasteiger charge is -2.19. The van der Waals surface area contributed by atoms with Crippen molar-refractivity contribution in [3.05, 3.63) is 53.1 Å². The molecule has 1 unspecified atom stereocenters. The lowest BCUT2D eigenvalue weighted by Crippen LogP contribution is -2.31. The number of nitrogens with one attached hydrogen (secondary N) is 2. The molecule has 2 aromatic rings. The van der Waals surface area contributed by atoms with Gasteiger partial charge in [0, 0.05) is 5.02 Å². The van der Waals surface area contributed by atoms with Crippen molar-refractivity contribution in [2.75, 3.05) is 19.0 Å². The third-order valence-electron chi connectivity index (χ3n) is 3.45. The number of thiocarbonyl (C=S) groups is 1. The van der Waals surface area contributed by atoms with Gasteiger partial charge in [0.25, 0.3) is 0 Å². The zero-order valence-corrected chi connectivity index (χ0v) is 15.5. The molecule has 0 aliphatic carbocycles. The number of hydrogen-bond donors (Lipinski definition) is 2. The maximum absolute atomic E-state index is 6.03. The SMILES string of the molecule is CCOc1ccc(C(C)NC(=S)Nc2cc(Cl)ccc2OC)cc1. The number of benzene rings is 2. The molecule has 6 heteroatoms. The lowest BCUT2D eigenvalue weighted by molar-refractivity contribution is 0.340. The van der Waals surface area contributed by atoms with Gasteiger partial charge in [0.15, 0.2) is 5.11 Å². The zero-order valence-electron chi connectivity index (χ0n) is 13.9. The van der Waals surface area contributed by atoms with E-state index in [9.17, 15) is 0 Å². The van der Waals surface area contributed by atoms with Crippen molar-refractivity contribution in [3.8, 4) is 11.5 Å². The average Bonchev–Trinajstić information content (AvgIpc) is 2.56. The van der Waals surface area contributed by atoms with E-state index in [2.05, 4.69) is 10.6 Å². The summed E-state index contributed by atoms with van der Waals surface area (Å²) in [6, 6.07) is 13.3. The topological polar surface area (TPSA) is 42.5 Å². The van der Waals surface area contributed by atoms with Crippen LogP contribution in [0.3, 0.4) is 0 Å². The first-order valence-electron chi connectivity index (χ1n) is 7.67. The van der Waals surface area contributed by atoms with E-state index < -0.39 is 0 Å².